The molecule has 4 rings (SSSR count). The summed E-state index contributed by atoms with van der Waals surface area (Å²) >= 11 is 0. The van der Waals surface area contributed by atoms with Crippen LogP contribution in [0.2, 0.25) is 0 Å². The maximum Gasteiger partial charge on any atom is 0.134 e. The molecule has 0 nitrogen and oxygen atoms in total. The summed E-state index contributed by atoms with van der Waals surface area (Å²) in [5.74, 6) is 6.27. The van der Waals surface area contributed by atoms with E-state index in [4.69, 9.17) is 0 Å². The summed E-state index contributed by atoms with van der Waals surface area (Å²) in [6.45, 7) is 4.11. The molecule has 164 valence electrons. The highest BCUT2D eigenvalue weighted by atomic mass is 19.1. The van der Waals surface area contributed by atoms with Crippen molar-refractivity contribution < 1.29 is 4.39 Å². The molecule has 0 heterocycles. The highest BCUT2D eigenvalue weighted by Crippen LogP contribution is 2.24. The van der Waals surface area contributed by atoms with Crippen LogP contribution in [0, 0.1) is 24.6 Å². The molecule has 4 aromatic rings. The van der Waals surface area contributed by atoms with Crippen molar-refractivity contribution in [3.05, 3.63) is 130 Å². The number of fused-ring (bicyclic) bond motifs is 1. The third-order valence-electron chi connectivity index (χ3n) is 5.98. The van der Waals surface area contributed by atoms with Gasteiger partial charge in [-0.25, -0.2) is 4.39 Å². The van der Waals surface area contributed by atoms with Crippen LogP contribution in [0.3, 0.4) is 0 Å². The highest BCUT2D eigenvalue weighted by Gasteiger charge is 2.08. The Morgan fingerprint density at radius 3 is 2.12 bits per heavy atom. The van der Waals surface area contributed by atoms with Crippen molar-refractivity contribution in [2.45, 2.75) is 39.5 Å². The molecule has 0 spiro atoms. The minimum absolute atomic E-state index is 0.117. The lowest BCUT2D eigenvalue weighted by atomic mass is 9.98. The molecule has 0 saturated carbocycles. The summed E-state index contributed by atoms with van der Waals surface area (Å²) in [7, 11) is 0. The third kappa shape index (κ3) is 5.99. The van der Waals surface area contributed by atoms with E-state index in [0.717, 1.165) is 41.3 Å². The fourth-order valence-corrected chi connectivity index (χ4v) is 3.96. The standard InChI is InChI=1S/C32H29F/c1-3-4-5-6-25-11-13-27(14-12-25)17-19-29-20-21-30-23-28(18-22-31(30)32(29)33)16-15-26-9-7-24(2)8-10-26/h3-4,7-14,18,20-23H,5-6,17,19H2,1-2H3/b4-3+. The monoisotopic (exact) mass is 432 g/mol. The molecule has 0 fully saturated rings. The average molecular weight is 433 g/mol. The van der Waals surface area contributed by atoms with E-state index in [1.54, 1.807) is 0 Å². The molecule has 0 bridgehead atoms. The molecule has 4 aromatic carbocycles. The second-order valence-corrected chi connectivity index (χ2v) is 8.51. The molecule has 0 radical (unpaired) electrons. The summed E-state index contributed by atoms with van der Waals surface area (Å²) < 4.78 is 15.2. The van der Waals surface area contributed by atoms with Gasteiger partial charge in [0.05, 0.1) is 0 Å². The minimum atomic E-state index is -0.117. The van der Waals surface area contributed by atoms with Crippen LogP contribution in [-0.2, 0) is 19.3 Å². The van der Waals surface area contributed by atoms with Crippen molar-refractivity contribution in [2.24, 2.45) is 0 Å². The maximum atomic E-state index is 15.2. The van der Waals surface area contributed by atoms with Gasteiger partial charge in [-0.1, -0.05) is 84.2 Å². The Bertz CT molecular complexity index is 1310. The summed E-state index contributed by atoms with van der Waals surface area (Å²) in [4.78, 5) is 0. The van der Waals surface area contributed by atoms with E-state index < -0.39 is 0 Å². The highest BCUT2D eigenvalue weighted by molar-refractivity contribution is 5.85. The second kappa shape index (κ2) is 10.8. The first kappa shape index (κ1) is 22.6. The van der Waals surface area contributed by atoms with Gasteiger partial charge in [0.15, 0.2) is 0 Å². The number of halogens is 1. The Balaban J connectivity index is 1.45. The van der Waals surface area contributed by atoms with E-state index in [1.807, 2.05) is 42.5 Å². The zero-order valence-electron chi connectivity index (χ0n) is 19.4. The van der Waals surface area contributed by atoms with E-state index in [-0.39, 0.29) is 5.82 Å². The van der Waals surface area contributed by atoms with Crippen LogP contribution >= 0.6 is 0 Å². The normalized spacial score (nSPS) is 11.0. The van der Waals surface area contributed by atoms with Crippen LogP contribution in [0.15, 0.2) is 91.0 Å². The number of rotatable bonds is 6. The molecular formula is C32H29F. The van der Waals surface area contributed by atoms with Gasteiger partial charge < -0.3 is 0 Å². The average Bonchev–Trinajstić information content (AvgIpc) is 2.84. The lowest BCUT2D eigenvalue weighted by molar-refractivity contribution is 0.620. The lowest BCUT2D eigenvalue weighted by Crippen LogP contribution is -1.96. The summed E-state index contributed by atoms with van der Waals surface area (Å²) in [5.41, 5.74) is 6.44. The van der Waals surface area contributed by atoms with Crippen molar-refractivity contribution >= 4 is 10.8 Å². The molecule has 1 heteroatoms. The van der Waals surface area contributed by atoms with Crippen molar-refractivity contribution in [1.82, 2.24) is 0 Å². The fraction of sp³-hybridized carbons (Fsp3) is 0.188. The third-order valence-corrected chi connectivity index (χ3v) is 5.98. The van der Waals surface area contributed by atoms with E-state index in [9.17, 15) is 0 Å². The smallest absolute Gasteiger partial charge is 0.134 e. The minimum Gasteiger partial charge on any atom is -0.206 e. The molecule has 0 unspecified atom stereocenters. The Morgan fingerprint density at radius 1 is 0.727 bits per heavy atom. The zero-order chi connectivity index (χ0) is 23.0. The first-order chi connectivity index (χ1) is 16.1. The van der Waals surface area contributed by atoms with Crippen LogP contribution < -0.4 is 0 Å². The number of aryl methyl sites for hydroxylation is 4. The molecule has 0 aliphatic rings. The molecule has 0 amide bonds. The van der Waals surface area contributed by atoms with Gasteiger partial charge >= 0.3 is 0 Å². The van der Waals surface area contributed by atoms with Gasteiger partial charge in [0.1, 0.15) is 5.82 Å². The molecule has 0 aliphatic heterocycles. The Hall–Kier alpha value is -3.63. The first-order valence-corrected chi connectivity index (χ1v) is 11.6. The predicted octanol–water partition coefficient (Wildman–Crippen LogP) is 7.98. The van der Waals surface area contributed by atoms with E-state index in [1.165, 1.54) is 16.7 Å². The summed E-state index contributed by atoms with van der Waals surface area (Å²) in [6, 6.07) is 26.5. The molecular weight excluding hydrogens is 403 g/mol. The Kier molecular flexibility index (Phi) is 7.38. The van der Waals surface area contributed by atoms with Crippen molar-refractivity contribution in [1.29, 1.82) is 0 Å². The summed E-state index contributed by atoms with van der Waals surface area (Å²) in [5, 5.41) is 1.55. The molecule has 0 atom stereocenters. The Morgan fingerprint density at radius 2 is 1.39 bits per heavy atom. The number of benzene rings is 4. The van der Waals surface area contributed by atoms with Crippen LogP contribution in [0.25, 0.3) is 10.8 Å². The van der Waals surface area contributed by atoms with Gasteiger partial charge in [-0.05, 0) is 85.9 Å². The van der Waals surface area contributed by atoms with Crippen LogP contribution in [0.1, 0.15) is 46.7 Å². The van der Waals surface area contributed by atoms with Gasteiger partial charge in [0.25, 0.3) is 0 Å². The molecule has 0 saturated heterocycles. The van der Waals surface area contributed by atoms with Gasteiger partial charge in [0, 0.05) is 16.5 Å². The van der Waals surface area contributed by atoms with E-state index in [2.05, 4.69) is 74.2 Å². The molecule has 0 aromatic heterocycles. The second-order valence-electron chi connectivity index (χ2n) is 8.51. The van der Waals surface area contributed by atoms with Gasteiger partial charge in [-0.15, -0.1) is 0 Å². The first-order valence-electron chi connectivity index (χ1n) is 11.6. The zero-order valence-corrected chi connectivity index (χ0v) is 19.4. The van der Waals surface area contributed by atoms with Crippen molar-refractivity contribution in [2.75, 3.05) is 0 Å². The van der Waals surface area contributed by atoms with Crippen LogP contribution in [0.4, 0.5) is 4.39 Å². The molecule has 0 N–H and O–H groups in total. The maximum absolute atomic E-state index is 15.2. The van der Waals surface area contributed by atoms with E-state index in [0.29, 0.717) is 11.8 Å². The van der Waals surface area contributed by atoms with Gasteiger partial charge in [-0.2, -0.15) is 0 Å². The van der Waals surface area contributed by atoms with Crippen molar-refractivity contribution in [3.63, 3.8) is 0 Å². The summed E-state index contributed by atoms with van der Waals surface area (Å²) in [6.07, 6.45) is 7.92. The predicted molar refractivity (Wildman–Crippen MR) is 138 cm³/mol. The SMILES string of the molecule is C/C=C/CCc1ccc(CCc2ccc3cc(C#Cc4ccc(C)cc4)ccc3c2F)cc1. The van der Waals surface area contributed by atoms with Crippen molar-refractivity contribution in [3.8, 4) is 11.8 Å². The molecule has 33 heavy (non-hydrogen) atoms. The van der Waals surface area contributed by atoms with Crippen LogP contribution in [0.5, 0.6) is 0 Å². The number of hydrogen-bond donors (Lipinski definition) is 0. The lowest BCUT2D eigenvalue weighted by Gasteiger charge is -2.08. The topological polar surface area (TPSA) is 0 Å². The quantitative estimate of drug-likeness (QED) is 0.214. The Labute approximate surface area is 196 Å². The van der Waals surface area contributed by atoms with Crippen LogP contribution in [-0.4, -0.2) is 0 Å². The largest absolute Gasteiger partial charge is 0.206 e. The fourth-order valence-electron chi connectivity index (χ4n) is 3.96. The van der Waals surface area contributed by atoms with Gasteiger partial charge in [0.2, 0.25) is 0 Å². The number of allylic oxidation sites excluding steroid dienone is 2. The molecule has 0 aliphatic carbocycles. The van der Waals surface area contributed by atoms with Gasteiger partial charge in [-0.3, -0.25) is 0 Å². The number of hydrogen-bond acceptors (Lipinski definition) is 0. The van der Waals surface area contributed by atoms with E-state index >= 15 is 4.39 Å².